The van der Waals surface area contributed by atoms with E-state index in [1.54, 1.807) is 12.4 Å². The van der Waals surface area contributed by atoms with Crippen LogP contribution in [0.1, 0.15) is 50.6 Å². The van der Waals surface area contributed by atoms with Gasteiger partial charge in [0, 0.05) is 29.4 Å². The molecule has 142 valence electrons. The Balaban J connectivity index is 1.42. The molecule has 2 atom stereocenters. The molecular weight excluding hydrogens is 342 g/mol. The second-order valence-electron chi connectivity index (χ2n) is 7.98. The van der Waals surface area contributed by atoms with E-state index in [1.165, 1.54) is 25.7 Å². The Morgan fingerprint density at radius 1 is 1.22 bits per heavy atom. The Labute approximate surface area is 159 Å². The molecule has 2 aromatic rings. The average molecular weight is 367 g/mol. The van der Waals surface area contributed by atoms with E-state index < -0.39 is 5.97 Å². The molecule has 4 rings (SSSR count). The molecule has 0 radical (unpaired) electrons. The fraction of sp³-hybridized carbons (Fsp3) is 0.524. The third-order valence-corrected chi connectivity index (χ3v) is 5.84. The second kappa shape index (κ2) is 7.62. The fourth-order valence-electron chi connectivity index (χ4n) is 3.90. The monoisotopic (exact) mass is 367 g/mol. The predicted octanol–water partition coefficient (Wildman–Crippen LogP) is 3.93. The van der Waals surface area contributed by atoms with Crippen LogP contribution in [0.4, 0.5) is 0 Å². The van der Waals surface area contributed by atoms with E-state index in [1.807, 2.05) is 18.2 Å². The SMILES string of the molecule is C[C@H]1CC[C@H](COc2cc(-c3ccnc([C@@H]4C[C@H]4C(=O)O)c3)cnn2)CC1. The number of carboxylic acids is 1. The number of carbonyl (C=O) groups is 1. The van der Waals surface area contributed by atoms with Gasteiger partial charge in [-0.1, -0.05) is 19.8 Å². The molecule has 2 aromatic heterocycles. The number of carboxylic acid groups (broad SMARTS) is 1. The third kappa shape index (κ3) is 4.26. The summed E-state index contributed by atoms with van der Waals surface area (Å²) in [6, 6.07) is 5.76. The van der Waals surface area contributed by atoms with Crippen molar-refractivity contribution in [1.82, 2.24) is 15.2 Å². The standard InChI is InChI=1S/C21H25N3O3/c1-13-2-4-14(5-3-13)12-27-20-9-16(11-23-24-20)15-6-7-22-19(8-15)17-10-18(17)21(25)26/h6-9,11,13-14,17-18H,2-5,10,12H2,1H3,(H,25,26)/t13-,14-,17-,18-/m1/s1. The van der Waals surface area contributed by atoms with Crippen LogP contribution < -0.4 is 4.74 Å². The van der Waals surface area contributed by atoms with Crippen LogP contribution in [0.3, 0.4) is 0 Å². The van der Waals surface area contributed by atoms with Gasteiger partial charge in [-0.2, -0.15) is 5.10 Å². The molecule has 0 bridgehead atoms. The summed E-state index contributed by atoms with van der Waals surface area (Å²) in [5, 5.41) is 17.3. The molecule has 0 aliphatic heterocycles. The van der Waals surface area contributed by atoms with Crippen LogP contribution in [-0.4, -0.2) is 32.9 Å². The highest BCUT2D eigenvalue weighted by Gasteiger charge is 2.45. The maximum absolute atomic E-state index is 11.1. The summed E-state index contributed by atoms with van der Waals surface area (Å²) in [5.41, 5.74) is 2.70. The van der Waals surface area contributed by atoms with E-state index in [2.05, 4.69) is 22.1 Å². The first-order chi connectivity index (χ1) is 13.1. The average Bonchev–Trinajstić information content (AvgIpc) is 3.49. The number of pyridine rings is 1. The minimum Gasteiger partial charge on any atom is -0.481 e. The summed E-state index contributed by atoms with van der Waals surface area (Å²) >= 11 is 0. The quantitative estimate of drug-likeness (QED) is 0.832. The molecule has 2 aliphatic rings. The highest BCUT2D eigenvalue weighted by atomic mass is 16.5. The lowest BCUT2D eigenvalue weighted by Gasteiger charge is -2.25. The van der Waals surface area contributed by atoms with Crippen molar-refractivity contribution in [1.29, 1.82) is 0 Å². The number of hydrogen-bond acceptors (Lipinski definition) is 5. The van der Waals surface area contributed by atoms with Crippen LogP contribution in [0.5, 0.6) is 5.88 Å². The highest BCUT2D eigenvalue weighted by molar-refractivity contribution is 5.75. The number of rotatable bonds is 6. The van der Waals surface area contributed by atoms with Gasteiger partial charge in [-0.15, -0.1) is 5.10 Å². The summed E-state index contributed by atoms with van der Waals surface area (Å²) in [7, 11) is 0. The minimum atomic E-state index is -0.745. The van der Waals surface area contributed by atoms with Gasteiger partial charge in [-0.3, -0.25) is 9.78 Å². The van der Waals surface area contributed by atoms with Crippen LogP contribution >= 0.6 is 0 Å². The second-order valence-corrected chi connectivity index (χ2v) is 7.98. The zero-order valence-corrected chi connectivity index (χ0v) is 15.5. The lowest BCUT2D eigenvalue weighted by Crippen LogP contribution is -2.19. The summed E-state index contributed by atoms with van der Waals surface area (Å²) in [4.78, 5) is 15.5. The van der Waals surface area contributed by atoms with E-state index in [0.29, 0.717) is 24.8 Å². The Kier molecular flexibility index (Phi) is 5.05. The summed E-state index contributed by atoms with van der Waals surface area (Å²) in [5.74, 6) is 0.937. The molecule has 0 saturated heterocycles. The van der Waals surface area contributed by atoms with Gasteiger partial charge in [0.1, 0.15) is 0 Å². The molecule has 2 fully saturated rings. The van der Waals surface area contributed by atoms with Gasteiger partial charge in [0.2, 0.25) is 5.88 Å². The Morgan fingerprint density at radius 2 is 2.04 bits per heavy atom. The lowest BCUT2D eigenvalue weighted by atomic mass is 9.83. The molecule has 0 amide bonds. The van der Waals surface area contributed by atoms with E-state index in [0.717, 1.165) is 22.7 Å². The number of aromatic nitrogens is 3. The highest BCUT2D eigenvalue weighted by Crippen LogP contribution is 2.47. The molecule has 0 aromatic carbocycles. The molecule has 6 heteroatoms. The topological polar surface area (TPSA) is 85.2 Å². The first-order valence-electron chi connectivity index (χ1n) is 9.75. The Hall–Kier alpha value is -2.50. The maximum Gasteiger partial charge on any atom is 0.307 e. The lowest BCUT2D eigenvalue weighted by molar-refractivity contribution is -0.138. The molecule has 2 saturated carbocycles. The zero-order chi connectivity index (χ0) is 18.8. The normalized spacial score (nSPS) is 27.1. The molecule has 2 aliphatic carbocycles. The van der Waals surface area contributed by atoms with Crippen molar-refractivity contribution in [2.45, 2.75) is 44.9 Å². The molecular formula is C21H25N3O3. The van der Waals surface area contributed by atoms with E-state index in [9.17, 15) is 4.79 Å². The van der Waals surface area contributed by atoms with Crippen LogP contribution in [-0.2, 0) is 4.79 Å². The fourth-order valence-corrected chi connectivity index (χ4v) is 3.90. The maximum atomic E-state index is 11.1. The van der Waals surface area contributed by atoms with Crippen molar-refractivity contribution in [2.75, 3.05) is 6.61 Å². The van der Waals surface area contributed by atoms with Gasteiger partial charge < -0.3 is 9.84 Å². The van der Waals surface area contributed by atoms with E-state index in [-0.39, 0.29) is 11.8 Å². The number of hydrogen-bond donors (Lipinski definition) is 1. The van der Waals surface area contributed by atoms with Gasteiger partial charge in [-0.05, 0) is 48.8 Å². The van der Waals surface area contributed by atoms with Crippen LogP contribution in [0.25, 0.3) is 11.1 Å². The molecule has 6 nitrogen and oxygen atoms in total. The first-order valence-corrected chi connectivity index (χ1v) is 9.75. The molecule has 0 spiro atoms. The van der Waals surface area contributed by atoms with Gasteiger partial charge in [0.15, 0.2) is 0 Å². The third-order valence-electron chi connectivity index (χ3n) is 5.84. The van der Waals surface area contributed by atoms with Gasteiger partial charge in [-0.25, -0.2) is 0 Å². The van der Waals surface area contributed by atoms with Gasteiger partial charge >= 0.3 is 5.97 Å². The largest absolute Gasteiger partial charge is 0.481 e. The molecule has 2 heterocycles. The minimum absolute atomic E-state index is 0.0154. The molecule has 27 heavy (non-hydrogen) atoms. The Morgan fingerprint density at radius 3 is 2.78 bits per heavy atom. The summed E-state index contributed by atoms with van der Waals surface area (Å²) < 4.78 is 5.91. The summed E-state index contributed by atoms with van der Waals surface area (Å²) in [6.07, 6.45) is 9.08. The molecule has 0 unspecified atom stereocenters. The van der Waals surface area contributed by atoms with E-state index in [4.69, 9.17) is 9.84 Å². The van der Waals surface area contributed by atoms with Crippen LogP contribution in [0.15, 0.2) is 30.6 Å². The van der Waals surface area contributed by atoms with Crippen molar-refractivity contribution < 1.29 is 14.6 Å². The van der Waals surface area contributed by atoms with Crippen molar-refractivity contribution in [3.63, 3.8) is 0 Å². The summed E-state index contributed by atoms with van der Waals surface area (Å²) in [6.45, 7) is 3.00. The molecule has 1 N–H and O–H groups in total. The predicted molar refractivity (Wildman–Crippen MR) is 100 cm³/mol. The van der Waals surface area contributed by atoms with Crippen molar-refractivity contribution in [3.05, 3.63) is 36.3 Å². The van der Waals surface area contributed by atoms with Crippen molar-refractivity contribution >= 4 is 5.97 Å². The number of nitrogens with zero attached hydrogens (tertiary/aromatic N) is 3. The van der Waals surface area contributed by atoms with Gasteiger partial charge in [0.25, 0.3) is 0 Å². The number of aliphatic carboxylic acids is 1. The van der Waals surface area contributed by atoms with Crippen molar-refractivity contribution in [3.8, 4) is 17.0 Å². The van der Waals surface area contributed by atoms with Gasteiger partial charge in [0.05, 0.1) is 18.7 Å². The van der Waals surface area contributed by atoms with Crippen molar-refractivity contribution in [2.24, 2.45) is 17.8 Å². The van der Waals surface area contributed by atoms with Crippen LogP contribution in [0, 0.1) is 17.8 Å². The van der Waals surface area contributed by atoms with E-state index >= 15 is 0 Å². The first kappa shape index (κ1) is 17.9. The number of ether oxygens (including phenoxy) is 1. The smallest absolute Gasteiger partial charge is 0.307 e. The Bertz CT molecular complexity index is 818. The van der Waals surface area contributed by atoms with Crippen LogP contribution in [0.2, 0.25) is 0 Å². The zero-order valence-electron chi connectivity index (χ0n) is 15.5.